The summed E-state index contributed by atoms with van der Waals surface area (Å²) in [5, 5.41) is 11.7. The lowest BCUT2D eigenvalue weighted by molar-refractivity contribution is -0.123. The third-order valence-electron chi connectivity index (χ3n) is 4.56. The highest BCUT2D eigenvalue weighted by atomic mass is 19.1. The lowest BCUT2D eigenvalue weighted by Crippen LogP contribution is -2.28. The molecule has 0 bridgehead atoms. The van der Waals surface area contributed by atoms with Crippen molar-refractivity contribution in [1.82, 2.24) is 19.9 Å². The summed E-state index contributed by atoms with van der Waals surface area (Å²) in [5.74, 6) is -0.127. The number of nitrogens with one attached hydrogen (secondary N) is 1. The number of aryl methyl sites for hydroxylation is 1. The topological polar surface area (TPSA) is 68.5 Å². The van der Waals surface area contributed by atoms with E-state index in [0.29, 0.717) is 23.1 Å². The molecule has 1 N–H and O–H groups in total. The number of amides is 1. The van der Waals surface area contributed by atoms with E-state index in [1.165, 1.54) is 24.3 Å². The van der Waals surface area contributed by atoms with Crippen molar-refractivity contribution in [1.29, 1.82) is 0 Å². The highest BCUT2D eigenvalue weighted by Crippen LogP contribution is 2.27. The lowest BCUT2D eigenvalue weighted by Gasteiger charge is -2.10. The van der Waals surface area contributed by atoms with Crippen molar-refractivity contribution in [2.45, 2.75) is 19.9 Å². The molecule has 0 radical (unpaired) electrons. The molecule has 0 atom stereocenters. The fourth-order valence-electron chi connectivity index (χ4n) is 3.14. The number of hydrogen-bond donors (Lipinski definition) is 1. The SMILES string of the molecule is CCc1nnc(OCC(=O)NCc2ccc(F)cc2)c2cc3cc(F)ccc3n12. The minimum atomic E-state index is -0.351. The number of halogens is 2. The van der Waals surface area contributed by atoms with Crippen molar-refractivity contribution >= 4 is 22.3 Å². The van der Waals surface area contributed by atoms with Crippen LogP contribution in [0.3, 0.4) is 0 Å². The predicted molar refractivity (Wildman–Crippen MR) is 104 cm³/mol. The maximum Gasteiger partial charge on any atom is 0.258 e. The van der Waals surface area contributed by atoms with Crippen LogP contribution in [0.2, 0.25) is 0 Å². The number of benzene rings is 2. The van der Waals surface area contributed by atoms with Gasteiger partial charge in [-0.1, -0.05) is 19.1 Å². The number of rotatable bonds is 6. The number of fused-ring (bicyclic) bond motifs is 3. The molecule has 0 fully saturated rings. The Morgan fingerprint density at radius 3 is 2.55 bits per heavy atom. The molecular weight excluding hydrogens is 378 g/mol. The lowest BCUT2D eigenvalue weighted by atomic mass is 10.2. The van der Waals surface area contributed by atoms with Gasteiger partial charge in [-0.05, 0) is 42.0 Å². The smallest absolute Gasteiger partial charge is 0.258 e. The number of ether oxygens (including phenoxy) is 1. The van der Waals surface area contributed by atoms with Crippen LogP contribution in [0.25, 0.3) is 16.4 Å². The van der Waals surface area contributed by atoms with Crippen molar-refractivity contribution in [2.24, 2.45) is 0 Å². The summed E-state index contributed by atoms with van der Waals surface area (Å²) in [6.07, 6.45) is 0.628. The normalized spacial score (nSPS) is 11.1. The summed E-state index contributed by atoms with van der Waals surface area (Å²) >= 11 is 0. The van der Waals surface area contributed by atoms with Gasteiger partial charge in [0.15, 0.2) is 6.61 Å². The number of carbonyl (C=O) groups excluding carboxylic acids is 1. The molecule has 148 valence electrons. The Morgan fingerprint density at radius 1 is 1.03 bits per heavy atom. The van der Waals surface area contributed by atoms with E-state index < -0.39 is 0 Å². The van der Waals surface area contributed by atoms with Crippen LogP contribution in [0, 0.1) is 11.6 Å². The molecule has 4 aromatic rings. The second-order valence-corrected chi connectivity index (χ2v) is 6.53. The molecule has 0 aliphatic carbocycles. The molecule has 2 aromatic heterocycles. The summed E-state index contributed by atoms with van der Waals surface area (Å²) < 4.78 is 34.0. The third kappa shape index (κ3) is 3.87. The van der Waals surface area contributed by atoms with Gasteiger partial charge in [-0.3, -0.25) is 9.20 Å². The predicted octanol–water partition coefficient (Wildman–Crippen LogP) is 3.42. The van der Waals surface area contributed by atoms with Gasteiger partial charge in [0.05, 0.1) is 5.52 Å². The second-order valence-electron chi connectivity index (χ2n) is 6.53. The van der Waals surface area contributed by atoms with Gasteiger partial charge < -0.3 is 10.1 Å². The summed E-state index contributed by atoms with van der Waals surface area (Å²) in [6, 6.07) is 12.1. The summed E-state index contributed by atoms with van der Waals surface area (Å²) in [5.41, 5.74) is 2.18. The standard InChI is InChI=1S/C21H18F2N4O2/c1-2-19-25-26-21(18-10-14-9-16(23)7-8-17(14)27(18)19)29-12-20(28)24-11-13-3-5-15(22)6-4-13/h3-10H,2,11-12H2,1H3,(H,24,28). The summed E-state index contributed by atoms with van der Waals surface area (Å²) in [7, 11) is 0. The van der Waals surface area contributed by atoms with Gasteiger partial charge in [-0.15, -0.1) is 10.2 Å². The molecule has 0 aliphatic rings. The monoisotopic (exact) mass is 396 g/mol. The molecular formula is C21H18F2N4O2. The van der Waals surface area contributed by atoms with Crippen molar-refractivity contribution in [3.8, 4) is 5.88 Å². The van der Waals surface area contributed by atoms with Gasteiger partial charge in [0.1, 0.15) is 23.0 Å². The van der Waals surface area contributed by atoms with Crippen LogP contribution < -0.4 is 10.1 Å². The molecule has 0 aliphatic heterocycles. The Hall–Kier alpha value is -3.55. The molecule has 29 heavy (non-hydrogen) atoms. The van der Waals surface area contributed by atoms with E-state index in [-0.39, 0.29) is 36.6 Å². The van der Waals surface area contributed by atoms with Crippen LogP contribution in [0.15, 0.2) is 48.5 Å². The van der Waals surface area contributed by atoms with Crippen LogP contribution in [0.5, 0.6) is 5.88 Å². The van der Waals surface area contributed by atoms with E-state index in [0.717, 1.165) is 11.1 Å². The molecule has 2 heterocycles. The van der Waals surface area contributed by atoms with Gasteiger partial charge in [0.25, 0.3) is 11.8 Å². The van der Waals surface area contributed by atoms with Crippen molar-refractivity contribution in [3.63, 3.8) is 0 Å². The summed E-state index contributed by atoms with van der Waals surface area (Å²) in [4.78, 5) is 12.1. The molecule has 4 rings (SSSR count). The van der Waals surface area contributed by atoms with Gasteiger partial charge in [-0.2, -0.15) is 0 Å². The van der Waals surface area contributed by atoms with Crippen LogP contribution >= 0.6 is 0 Å². The van der Waals surface area contributed by atoms with Gasteiger partial charge >= 0.3 is 0 Å². The Morgan fingerprint density at radius 2 is 1.79 bits per heavy atom. The number of aromatic nitrogens is 3. The zero-order valence-corrected chi connectivity index (χ0v) is 15.7. The first-order chi connectivity index (χ1) is 14.0. The van der Waals surface area contributed by atoms with E-state index >= 15 is 0 Å². The Balaban J connectivity index is 1.52. The number of nitrogens with zero attached hydrogens (tertiary/aromatic N) is 3. The van der Waals surface area contributed by atoms with Crippen molar-refractivity contribution < 1.29 is 18.3 Å². The fraction of sp³-hybridized carbons (Fsp3) is 0.190. The number of hydrogen-bond acceptors (Lipinski definition) is 4. The third-order valence-corrected chi connectivity index (χ3v) is 4.56. The van der Waals surface area contributed by atoms with Crippen LogP contribution in [0.1, 0.15) is 18.3 Å². The summed E-state index contributed by atoms with van der Waals surface area (Å²) in [6.45, 7) is 1.95. The van der Waals surface area contributed by atoms with Gasteiger partial charge in [-0.25, -0.2) is 8.78 Å². The molecule has 8 heteroatoms. The van der Waals surface area contributed by atoms with E-state index in [2.05, 4.69) is 15.5 Å². The molecule has 1 amide bonds. The van der Waals surface area contributed by atoms with Crippen LogP contribution in [-0.4, -0.2) is 27.1 Å². The van der Waals surface area contributed by atoms with Crippen LogP contribution in [0.4, 0.5) is 8.78 Å². The zero-order chi connectivity index (χ0) is 20.4. The molecule has 0 unspecified atom stereocenters. The molecule has 6 nitrogen and oxygen atoms in total. The maximum absolute atomic E-state index is 13.6. The first-order valence-corrected chi connectivity index (χ1v) is 9.15. The zero-order valence-electron chi connectivity index (χ0n) is 15.7. The Labute approximate surface area is 165 Å². The molecule has 2 aromatic carbocycles. The van der Waals surface area contributed by atoms with Gasteiger partial charge in [0, 0.05) is 18.4 Å². The molecule has 0 spiro atoms. The van der Waals surface area contributed by atoms with Crippen LogP contribution in [-0.2, 0) is 17.8 Å². The largest absolute Gasteiger partial charge is 0.465 e. The average Bonchev–Trinajstić information content (AvgIpc) is 3.10. The van der Waals surface area contributed by atoms with Crippen molar-refractivity contribution in [3.05, 3.63) is 71.6 Å². The highest BCUT2D eigenvalue weighted by molar-refractivity contribution is 5.89. The molecule has 0 saturated carbocycles. The average molecular weight is 396 g/mol. The Bertz CT molecular complexity index is 1190. The van der Waals surface area contributed by atoms with E-state index in [9.17, 15) is 13.6 Å². The quantitative estimate of drug-likeness (QED) is 0.542. The Kier molecular flexibility index (Phi) is 5.07. The highest BCUT2D eigenvalue weighted by Gasteiger charge is 2.15. The van der Waals surface area contributed by atoms with Crippen molar-refractivity contribution in [2.75, 3.05) is 6.61 Å². The molecule has 0 saturated heterocycles. The van der Waals surface area contributed by atoms with E-state index in [1.54, 1.807) is 24.3 Å². The van der Waals surface area contributed by atoms with Gasteiger partial charge in [0.2, 0.25) is 0 Å². The second kappa shape index (κ2) is 7.83. The first-order valence-electron chi connectivity index (χ1n) is 9.15. The first kappa shape index (κ1) is 18.8. The number of carbonyl (C=O) groups is 1. The minimum Gasteiger partial charge on any atom is -0.465 e. The minimum absolute atomic E-state index is 0.191. The fourth-order valence-corrected chi connectivity index (χ4v) is 3.14. The maximum atomic E-state index is 13.6. The van der Waals surface area contributed by atoms with E-state index in [4.69, 9.17) is 4.74 Å². The van der Waals surface area contributed by atoms with E-state index in [1.807, 2.05) is 11.3 Å².